The molecule has 2 aliphatic rings. The first-order valence-electron chi connectivity index (χ1n) is 6.90. The first kappa shape index (κ1) is 13.3. The zero-order valence-electron chi connectivity index (χ0n) is 11.2. The van der Waals surface area contributed by atoms with E-state index < -0.39 is 6.10 Å². The largest absolute Gasteiger partial charge is 0.376 e. The Morgan fingerprint density at radius 3 is 2.95 bits per heavy atom. The summed E-state index contributed by atoms with van der Waals surface area (Å²) in [7, 11) is 0. The summed E-state index contributed by atoms with van der Waals surface area (Å²) in [5.41, 5.74) is 2.44. The Labute approximate surface area is 117 Å². The van der Waals surface area contributed by atoms with Gasteiger partial charge in [-0.05, 0) is 36.6 Å². The second-order valence-corrected chi connectivity index (χ2v) is 5.07. The van der Waals surface area contributed by atoms with Crippen LogP contribution in [0, 0.1) is 0 Å². The van der Waals surface area contributed by atoms with E-state index in [4.69, 9.17) is 9.47 Å². The molecule has 5 nitrogen and oxygen atoms in total. The van der Waals surface area contributed by atoms with Gasteiger partial charge in [0.05, 0.1) is 19.8 Å². The Kier molecular flexibility index (Phi) is 3.80. The van der Waals surface area contributed by atoms with E-state index in [9.17, 15) is 9.59 Å². The van der Waals surface area contributed by atoms with E-state index in [1.807, 2.05) is 6.07 Å². The third-order valence-corrected chi connectivity index (χ3v) is 3.62. The number of hydrogen-bond donors (Lipinski definition) is 1. The van der Waals surface area contributed by atoms with E-state index in [0.29, 0.717) is 31.8 Å². The molecule has 1 saturated heterocycles. The highest BCUT2D eigenvalue weighted by Crippen LogP contribution is 2.24. The maximum absolute atomic E-state index is 12.3. The molecule has 1 aromatic carbocycles. The molecule has 0 aliphatic carbocycles. The fraction of sp³-hybridized carbons (Fsp3) is 0.467. The molecule has 5 heteroatoms. The standard InChI is InChI=1S/C15H17NO4/c17-14-3-1-2-10-8-11(4-5-12(10)16-14)15(18)13-9-19-6-7-20-13/h4-5,8,13H,1-3,6-7,9H2,(H,16,17). The Hall–Kier alpha value is -1.72. The summed E-state index contributed by atoms with van der Waals surface area (Å²) < 4.78 is 10.7. The molecule has 0 aromatic heterocycles. The molecular formula is C15H17NO4. The molecule has 3 rings (SSSR count). The number of nitrogens with one attached hydrogen (secondary N) is 1. The molecule has 1 fully saturated rings. The average Bonchev–Trinajstić information content (AvgIpc) is 2.67. The highest BCUT2D eigenvalue weighted by molar-refractivity contribution is 6.01. The number of ether oxygens (including phenoxy) is 2. The van der Waals surface area contributed by atoms with E-state index in [0.717, 1.165) is 24.1 Å². The Balaban J connectivity index is 1.82. The quantitative estimate of drug-likeness (QED) is 0.832. The summed E-state index contributed by atoms with van der Waals surface area (Å²) in [5.74, 6) is -0.0186. The summed E-state index contributed by atoms with van der Waals surface area (Å²) in [6.45, 7) is 1.31. The molecule has 1 amide bonds. The van der Waals surface area contributed by atoms with E-state index in [1.54, 1.807) is 12.1 Å². The first-order chi connectivity index (χ1) is 9.74. The number of Topliss-reactive ketones (excluding diaryl/α,β-unsaturated/α-hetero) is 1. The van der Waals surface area contributed by atoms with Crippen LogP contribution in [0.3, 0.4) is 0 Å². The zero-order chi connectivity index (χ0) is 13.9. The van der Waals surface area contributed by atoms with Crippen molar-refractivity contribution >= 4 is 17.4 Å². The monoisotopic (exact) mass is 275 g/mol. The van der Waals surface area contributed by atoms with Crippen LogP contribution in [0.25, 0.3) is 0 Å². The minimum absolute atomic E-state index is 0.0341. The van der Waals surface area contributed by atoms with E-state index in [-0.39, 0.29) is 11.7 Å². The number of hydrogen-bond acceptors (Lipinski definition) is 4. The lowest BCUT2D eigenvalue weighted by molar-refractivity contribution is -0.116. The topological polar surface area (TPSA) is 64.6 Å². The number of ketones is 1. The van der Waals surface area contributed by atoms with Gasteiger partial charge < -0.3 is 14.8 Å². The molecule has 1 unspecified atom stereocenters. The predicted octanol–water partition coefficient (Wildman–Crippen LogP) is 1.56. The second kappa shape index (κ2) is 5.73. The van der Waals surface area contributed by atoms with Gasteiger partial charge in [-0.2, -0.15) is 0 Å². The van der Waals surface area contributed by atoms with Crippen molar-refractivity contribution in [3.05, 3.63) is 29.3 Å². The molecule has 0 bridgehead atoms. The highest BCUT2D eigenvalue weighted by Gasteiger charge is 2.25. The lowest BCUT2D eigenvalue weighted by Gasteiger charge is -2.22. The van der Waals surface area contributed by atoms with E-state index >= 15 is 0 Å². The Morgan fingerprint density at radius 1 is 1.25 bits per heavy atom. The van der Waals surface area contributed by atoms with Crippen molar-refractivity contribution in [3.63, 3.8) is 0 Å². The van der Waals surface area contributed by atoms with Crippen LogP contribution >= 0.6 is 0 Å². The lowest BCUT2D eigenvalue weighted by atomic mass is 10.00. The van der Waals surface area contributed by atoms with Gasteiger partial charge in [-0.1, -0.05) is 0 Å². The van der Waals surface area contributed by atoms with Crippen molar-refractivity contribution in [1.29, 1.82) is 0 Å². The van der Waals surface area contributed by atoms with Crippen LogP contribution in [0.2, 0.25) is 0 Å². The van der Waals surface area contributed by atoms with Crippen LogP contribution in [0.1, 0.15) is 28.8 Å². The highest BCUT2D eigenvalue weighted by atomic mass is 16.6. The third kappa shape index (κ3) is 2.73. The summed E-state index contributed by atoms with van der Waals surface area (Å²) >= 11 is 0. The van der Waals surface area contributed by atoms with Crippen LogP contribution in [0.4, 0.5) is 5.69 Å². The van der Waals surface area contributed by atoms with Gasteiger partial charge in [-0.25, -0.2) is 0 Å². The van der Waals surface area contributed by atoms with Crippen molar-refractivity contribution < 1.29 is 19.1 Å². The minimum Gasteiger partial charge on any atom is -0.376 e. The summed E-state index contributed by atoms with van der Waals surface area (Å²) in [4.78, 5) is 23.8. The van der Waals surface area contributed by atoms with Gasteiger partial charge in [0.1, 0.15) is 6.10 Å². The Morgan fingerprint density at radius 2 is 2.15 bits per heavy atom. The summed E-state index contributed by atoms with van der Waals surface area (Å²) in [6.07, 6.45) is 1.62. The second-order valence-electron chi connectivity index (χ2n) is 5.07. The van der Waals surface area contributed by atoms with Gasteiger partial charge in [0, 0.05) is 17.7 Å². The molecule has 0 saturated carbocycles. The molecule has 0 radical (unpaired) electrons. The van der Waals surface area contributed by atoms with E-state index in [2.05, 4.69) is 5.32 Å². The zero-order valence-corrected chi connectivity index (χ0v) is 11.2. The normalized spacial score (nSPS) is 22.6. The van der Waals surface area contributed by atoms with Crippen LogP contribution in [0.5, 0.6) is 0 Å². The average molecular weight is 275 g/mol. The molecule has 1 atom stereocenters. The van der Waals surface area contributed by atoms with Crippen LogP contribution < -0.4 is 5.32 Å². The van der Waals surface area contributed by atoms with Crippen molar-refractivity contribution in [2.45, 2.75) is 25.4 Å². The molecule has 0 spiro atoms. The van der Waals surface area contributed by atoms with Crippen molar-refractivity contribution in [2.24, 2.45) is 0 Å². The van der Waals surface area contributed by atoms with Crippen molar-refractivity contribution in [2.75, 3.05) is 25.1 Å². The number of amides is 1. The fourth-order valence-electron chi connectivity index (χ4n) is 2.55. The van der Waals surface area contributed by atoms with Crippen LogP contribution in [0.15, 0.2) is 18.2 Å². The summed E-state index contributed by atoms with van der Waals surface area (Å²) in [6, 6.07) is 5.40. The number of carbonyl (C=O) groups excluding carboxylic acids is 2. The molecule has 2 aliphatic heterocycles. The number of aryl methyl sites for hydroxylation is 1. The maximum Gasteiger partial charge on any atom is 0.224 e. The van der Waals surface area contributed by atoms with Crippen LogP contribution in [-0.4, -0.2) is 37.6 Å². The molecule has 2 heterocycles. The third-order valence-electron chi connectivity index (χ3n) is 3.62. The van der Waals surface area contributed by atoms with E-state index in [1.165, 1.54) is 0 Å². The van der Waals surface area contributed by atoms with Crippen LogP contribution in [-0.2, 0) is 20.7 Å². The fourth-order valence-corrected chi connectivity index (χ4v) is 2.55. The van der Waals surface area contributed by atoms with Gasteiger partial charge in [0.2, 0.25) is 5.91 Å². The molecule has 20 heavy (non-hydrogen) atoms. The number of fused-ring (bicyclic) bond motifs is 1. The summed E-state index contributed by atoms with van der Waals surface area (Å²) in [5, 5.41) is 2.86. The van der Waals surface area contributed by atoms with Gasteiger partial charge in [0.25, 0.3) is 0 Å². The maximum atomic E-state index is 12.3. The minimum atomic E-state index is -0.512. The van der Waals surface area contributed by atoms with Gasteiger partial charge in [-0.3, -0.25) is 9.59 Å². The number of benzene rings is 1. The van der Waals surface area contributed by atoms with Crippen molar-refractivity contribution in [3.8, 4) is 0 Å². The number of carbonyl (C=O) groups is 2. The Bertz CT molecular complexity index is 535. The SMILES string of the molecule is O=C1CCCc2cc(C(=O)C3COCCO3)ccc2N1. The van der Waals surface area contributed by atoms with Gasteiger partial charge in [0.15, 0.2) is 5.78 Å². The number of anilines is 1. The molecule has 106 valence electrons. The van der Waals surface area contributed by atoms with Gasteiger partial charge in [-0.15, -0.1) is 0 Å². The smallest absolute Gasteiger partial charge is 0.224 e. The predicted molar refractivity (Wildman–Crippen MR) is 72.9 cm³/mol. The molecular weight excluding hydrogens is 258 g/mol. The molecule has 1 N–H and O–H groups in total. The number of rotatable bonds is 2. The van der Waals surface area contributed by atoms with Gasteiger partial charge >= 0.3 is 0 Å². The lowest BCUT2D eigenvalue weighted by Crippen LogP contribution is -2.35. The van der Waals surface area contributed by atoms with Crippen molar-refractivity contribution in [1.82, 2.24) is 0 Å². The first-order valence-corrected chi connectivity index (χ1v) is 6.90. The molecule has 1 aromatic rings.